The van der Waals surface area contributed by atoms with Crippen LogP contribution >= 0.6 is 0 Å². The van der Waals surface area contributed by atoms with Gasteiger partial charge in [0.1, 0.15) is 5.75 Å². The lowest BCUT2D eigenvalue weighted by molar-refractivity contribution is -0.121. The van der Waals surface area contributed by atoms with E-state index in [-0.39, 0.29) is 5.91 Å². The zero-order chi connectivity index (χ0) is 17.1. The summed E-state index contributed by atoms with van der Waals surface area (Å²) in [5.41, 5.74) is 2.54. The van der Waals surface area contributed by atoms with Gasteiger partial charge in [-0.15, -0.1) is 0 Å². The maximum atomic E-state index is 12.3. The van der Waals surface area contributed by atoms with Crippen LogP contribution in [0.4, 0.5) is 0 Å². The molecule has 1 amide bonds. The van der Waals surface area contributed by atoms with Crippen LogP contribution in [0, 0.1) is 5.92 Å². The molecule has 2 saturated heterocycles. The predicted molar refractivity (Wildman–Crippen MR) is 98.9 cm³/mol. The van der Waals surface area contributed by atoms with E-state index < -0.39 is 0 Å². The Morgan fingerprint density at radius 2 is 2.12 bits per heavy atom. The molecule has 0 unspecified atom stereocenters. The summed E-state index contributed by atoms with van der Waals surface area (Å²) >= 11 is 0. The van der Waals surface area contributed by atoms with Crippen molar-refractivity contribution in [3.05, 3.63) is 29.3 Å². The molecule has 4 heteroatoms. The van der Waals surface area contributed by atoms with Gasteiger partial charge >= 0.3 is 0 Å². The van der Waals surface area contributed by atoms with Crippen LogP contribution in [-0.4, -0.2) is 43.1 Å². The molecule has 0 aromatic heterocycles. The standard InChI is InChI=1S/C21H30N2O2/c24-21(9-7-16-6-8-20-17(14-16)10-13-25-20)22-15-18-4-3-12-23-11-2-1-5-19(18)23/h6,8,14,18-19H,1-5,7,9-13,15H2,(H,22,24)/t18-,19-/m1/s1. The Hall–Kier alpha value is -1.55. The van der Waals surface area contributed by atoms with Crippen LogP contribution in [0.25, 0.3) is 0 Å². The predicted octanol–water partition coefficient (Wildman–Crippen LogP) is 2.93. The van der Waals surface area contributed by atoms with Crippen LogP contribution in [0.1, 0.15) is 49.7 Å². The Labute approximate surface area is 150 Å². The molecule has 0 bridgehead atoms. The van der Waals surface area contributed by atoms with Gasteiger partial charge in [0, 0.05) is 25.4 Å². The topological polar surface area (TPSA) is 41.6 Å². The molecule has 1 aromatic rings. The molecule has 4 rings (SSSR count). The summed E-state index contributed by atoms with van der Waals surface area (Å²) in [6, 6.07) is 7.06. The molecule has 3 aliphatic rings. The number of piperidine rings is 2. The molecule has 1 aromatic carbocycles. The number of aryl methyl sites for hydroxylation is 1. The molecule has 4 nitrogen and oxygen atoms in total. The first-order chi connectivity index (χ1) is 12.3. The number of fused-ring (bicyclic) bond motifs is 2. The Bertz CT molecular complexity index is 614. The second-order valence-electron chi connectivity index (χ2n) is 7.85. The molecular formula is C21H30N2O2. The summed E-state index contributed by atoms with van der Waals surface area (Å²) in [4.78, 5) is 15.0. The molecule has 0 aliphatic carbocycles. The molecule has 3 aliphatic heterocycles. The lowest BCUT2D eigenvalue weighted by atomic mass is 9.83. The lowest BCUT2D eigenvalue weighted by Crippen LogP contribution is -2.51. The highest BCUT2D eigenvalue weighted by Gasteiger charge is 2.32. The fourth-order valence-electron chi connectivity index (χ4n) is 4.80. The van der Waals surface area contributed by atoms with Gasteiger partial charge in [0.2, 0.25) is 5.91 Å². The van der Waals surface area contributed by atoms with E-state index in [1.807, 2.05) is 0 Å². The molecule has 3 heterocycles. The Morgan fingerprint density at radius 3 is 3.08 bits per heavy atom. The maximum Gasteiger partial charge on any atom is 0.220 e. The van der Waals surface area contributed by atoms with Gasteiger partial charge in [0.25, 0.3) is 0 Å². The molecule has 25 heavy (non-hydrogen) atoms. The van der Waals surface area contributed by atoms with E-state index >= 15 is 0 Å². The molecular weight excluding hydrogens is 312 g/mol. The molecule has 0 saturated carbocycles. The number of hydrogen-bond donors (Lipinski definition) is 1. The first-order valence-electron chi connectivity index (χ1n) is 10.0. The number of ether oxygens (including phenoxy) is 1. The van der Waals surface area contributed by atoms with Crippen molar-refractivity contribution in [1.29, 1.82) is 0 Å². The Balaban J connectivity index is 1.23. The van der Waals surface area contributed by atoms with Crippen molar-refractivity contribution >= 4 is 5.91 Å². The van der Waals surface area contributed by atoms with E-state index in [1.165, 1.54) is 56.3 Å². The minimum Gasteiger partial charge on any atom is -0.493 e. The first kappa shape index (κ1) is 16.9. The Kier molecular flexibility index (Phi) is 5.25. The second kappa shape index (κ2) is 7.77. The van der Waals surface area contributed by atoms with Crippen molar-refractivity contribution < 1.29 is 9.53 Å². The van der Waals surface area contributed by atoms with Crippen LogP contribution in [-0.2, 0) is 17.6 Å². The van der Waals surface area contributed by atoms with Gasteiger partial charge < -0.3 is 15.0 Å². The summed E-state index contributed by atoms with van der Waals surface area (Å²) in [7, 11) is 0. The van der Waals surface area contributed by atoms with Gasteiger partial charge in [0.05, 0.1) is 6.61 Å². The third-order valence-electron chi connectivity index (χ3n) is 6.18. The SMILES string of the molecule is O=C(CCc1ccc2c(c1)CCO2)NC[C@H]1CCCN2CCCC[C@H]12. The lowest BCUT2D eigenvalue weighted by Gasteiger charge is -2.44. The zero-order valence-corrected chi connectivity index (χ0v) is 15.1. The summed E-state index contributed by atoms with van der Waals surface area (Å²) < 4.78 is 5.54. The fraction of sp³-hybridized carbons (Fsp3) is 0.667. The van der Waals surface area contributed by atoms with E-state index in [4.69, 9.17) is 4.74 Å². The maximum absolute atomic E-state index is 12.3. The summed E-state index contributed by atoms with van der Waals surface area (Å²) in [5, 5.41) is 3.22. The zero-order valence-electron chi connectivity index (χ0n) is 15.1. The third kappa shape index (κ3) is 4.00. The molecule has 136 valence electrons. The highest BCUT2D eigenvalue weighted by Crippen LogP contribution is 2.30. The number of rotatable bonds is 5. The van der Waals surface area contributed by atoms with Crippen molar-refractivity contribution in [3.8, 4) is 5.75 Å². The normalized spacial score (nSPS) is 25.8. The average molecular weight is 342 g/mol. The average Bonchev–Trinajstić information content (AvgIpc) is 3.12. The molecule has 2 fully saturated rings. The van der Waals surface area contributed by atoms with Gasteiger partial charge in [-0.3, -0.25) is 4.79 Å². The van der Waals surface area contributed by atoms with Crippen LogP contribution in [0.15, 0.2) is 18.2 Å². The van der Waals surface area contributed by atoms with Crippen molar-refractivity contribution in [3.63, 3.8) is 0 Å². The van der Waals surface area contributed by atoms with Crippen molar-refractivity contribution in [1.82, 2.24) is 10.2 Å². The first-order valence-corrected chi connectivity index (χ1v) is 10.0. The van der Waals surface area contributed by atoms with Crippen LogP contribution in [0.3, 0.4) is 0 Å². The van der Waals surface area contributed by atoms with Crippen molar-refractivity contribution in [2.24, 2.45) is 5.92 Å². The Morgan fingerprint density at radius 1 is 1.20 bits per heavy atom. The van der Waals surface area contributed by atoms with E-state index in [9.17, 15) is 4.79 Å². The van der Waals surface area contributed by atoms with Gasteiger partial charge in [-0.25, -0.2) is 0 Å². The number of carbonyl (C=O) groups is 1. The molecule has 0 radical (unpaired) electrons. The monoisotopic (exact) mass is 342 g/mol. The molecule has 2 atom stereocenters. The second-order valence-corrected chi connectivity index (χ2v) is 7.85. The highest BCUT2D eigenvalue weighted by atomic mass is 16.5. The van der Waals surface area contributed by atoms with Crippen LogP contribution < -0.4 is 10.1 Å². The van der Waals surface area contributed by atoms with Crippen molar-refractivity contribution in [2.75, 3.05) is 26.2 Å². The number of nitrogens with one attached hydrogen (secondary N) is 1. The molecule has 1 N–H and O–H groups in total. The third-order valence-corrected chi connectivity index (χ3v) is 6.18. The van der Waals surface area contributed by atoms with Crippen LogP contribution in [0.2, 0.25) is 0 Å². The number of hydrogen-bond acceptors (Lipinski definition) is 3. The van der Waals surface area contributed by atoms with Gasteiger partial charge in [0.15, 0.2) is 0 Å². The summed E-state index contributed by atoms with van der Waals surface area (Å²) in [5.74, 6) is 1.86. The van der Waals surface area contributed by atoms with Crippen molar-refractivity contribution in [2.45, 2.75) is 57.4 Å². The van der Waals surface area contributed by atoms with E-state index in [0.717, 1.165) is 31.7 Å². The number of amides is 1. The van der Waals surface area contributed by atoms with Crippen LogP contribution in [0.5, 0.6) is 5.75 Å². The number of benzene rings is 1. The quantitative estimate of drug-likeness (QED) is 0.894. The minimum absolute atomic E-state index is 0.199. The van der Waals surface area contributed by atoms with Gasteiger partial charge in [-0.2, -0.15) is 0 Å². The summed E-state index contributed by atoms with van der Waals surface area (Å²) in [6.07, 6.45) is 8.97. The fourth-order valence-corrected chi connectivity index (χ4v) is 4.80. The highest BCUT2D eigenvalue weighted by molar-refractivity contribution is 5.76. The number of carbonyl (C=O) groups excluding carboxylic acids is 1. The molecule has 0 spiro atoms. The van der Waals surface area contributed by atoms with E-state index in [1.54, 1.807) is 0 Å². The summed E-state index contributed by atoms with van der Waals surface area (Å²) in [6.45, 7) is 4.17. The smallest absolute Gasteiger partial charge is 0.220 e. The van der Waals surface area contributed by atoms with E-state index in [0.29, 0.717) is 18.4 Å². The van der Waals surface area contributed by atoms with Gasteiger partial charge in [-0.05, 0) is 68.3 Å². The van der Waals surface area contributed by atoms with Gasteiger partial charge in [-0.1, -0.05) is 18.6 Å². The minimum atomic E-state index is 0.199. The number of nitrogens with zero attached hydrogens (tertiary/aromatic N) is 1. The van der Waals surface area contributed by atoms with E-state index in [2.05, 4.69) is 28.4 Å². The largest absolute Gasteiger partial charge is 0.493 e.